The molecule has 0 heterocycles. The second kappa shape index (κ2) is 6.33. The molecule has 0 fully saturated rings. The molecule has 0 aliphatic heterocycles. The van der Waals surface area contributed by atoms with Gasteiger partial charge in [-0.1, -0.05) is 0 Å². The number of hydrogen-bond acceptors (Lipinski definition) is 4. The quantitative estimate of drug-likeness (QED) is 0.693. The smallest absolute Gasteiger partial charge is 0.242 e. The maximum Gasteiger partial charge on any atom is 0.242 e. The number of carbonyl (C=O) groups is 1. The fourth-order valence-electron chi connectivity index (χ4n) is 1.56. The molecule has 1 unspecified atom stereocenters. The third-order valence-corrected chi connectivity index (χ3v) is 4.99. The first-order valence-electron chi connectivity index (χ1n) is 6.32. The molecule has 1 amide bonds. The minimum Gasteiger partial charge on any atom is -0.399 e. The number of carbonyl (C=O) groups excluding carboxylic acids is 1. The molecule has 8 heteroatoms. The highest BCUT2D eigenvalue weighted by Crippen LogP contribution is 2.24. The van der Waals surface area contributed by atoms with Gasteiger partial charge in [-0.2, -0.15) is 4.72 Å². The third-order valence-electron chi connectivity index (χ3n) is 2.47. The summed E-state index contributed by atoms with van der Waals surface area (Å²) in [6, 6.07) is 3.47. The van der Waals surface area contributed by atoms with Gasteiger partial charge < -0.3 is 11.1 Å². The zero-order valence-corrected chi connectivity index (χ0v) is 14.8. The lowest BCUT2D eigenvalue weighted by Crippen LogP contribution is -2.50. The van der Waals surface area contributed by atoms with Crippen molar-refractivity contribution < 1.29 is 13.2 Å². The molecule has 0 bridgehead atoms. The summed E-state index contributed by atoms with van der Waals surface area (Å²) >= 11 is 3.16. The van der Waals surface area contributed by atoms with Crippen molar-refractivity contribution in [3.63, 3.8) is 0 Å². The summed E-state index contributed by atoms with van der Waals surface area (Å²) in [5.41, 5.74) is 5.59. The minimum absolute atomic E-state index is 0.0344. The van der Waals surface area contributed by atoms with E-state index in [2.05, 4.69) is 26.0 Å². The van der Waals surface area contributed by atoms with Crippen molar-refractivity contribution in [1.82, 2.24) is 10.0 Å². The second-order valence-corrected chi connectivity index (χ2v) is 8.31. The Kier molecular flexibility index (Phi) is 5.40. The van der Waals surface area contributed by atoms with Crippen LogP contribution >= 0.6 is 15.9 Å². The van der Waals surface area contributed by atoms with Crippen LogP contribution in [0.5, 0.6) is 0 Å². The first-order valence-corrected chi connectivity index (χ1v) is 8.59. The van der Waals surface area contributed by atoms with E-state index >= 15 is 0 Å². The average Bonchev–Trinajstić information content (AvgIpc) is 2.24. The fourth-order valence-corrected chi connectivity index (χ4v) is 3.86. The molecule has 21 heavy (non-hydrogen) atoms. The van der Waals surface area contributed by atoms with Gasteiger partial charge >= 0.3 is 0 Å². The van der Waals surface area contributed by atoms with E-state index in [9.17, 15) is 13.2 Å². The van der Waals surface area contributed by atoms with Crippen molar-refractivity contribution in [2.24, 2.45) is 0 Å². The lowest BCUT2D eigenvalue weighted by atomic mass is 10.1. The van der Waals surface area contributed by atoms with Gasteiger partial charge in [0.2, 0.25) is 15.9 Å². The number of nitrogens with one attached hydrogen (secondary N) is 2. The molecule has 0 saturated carbocycles. The lowest BCUT2D eigenvalue weighted by Gasteiger charge is -2.23. The molecule has 0 radical (unpaired) electrons. The Labute approximate surface area is 133 Å². The Balaban J connectivity index is 2.92. The molecular weight excluding hydrogens is 358 g/mol. The Morgan fingerprint density at radius 1 is 1.33 bits per heavy atom. The molecule has 118 valence electrons. The molecule has 1 aromatic rings. The zero-order valence-electron chi connectivity index (χ0n) is 12.4. The largest absolute Gasteiger partial charge is 0.399 e. The van der Waals surface area contributed by atoms with E-state index in [4.69, 9.17) is 5.73 Å². The van der Waals surface area contributed by atoms with Crippen molar-refractivity contribution >= 4 is 37.5 Å². The van der Waals surface area contributed by atoms with Crippen LogP contribution in [-0.4, -0.2) is 25.9 Å². The predicted molar refractivity (Wildman–Crippen MR) is 86.2 cm³/mol. The Hall–Kier alpha value is -1.12. The van der Waals surface area contributed by atoms with Crippen LogP contribution in [0.15, 0.2) is 27.6 Å². The van der Waals surface area contributed by atoms with Gasteiger partial charge in [0.25, 0.3) is 0 Å². The molecular formula is C13H20BrN3O3S. The first kappa shape index (κ1) is 17.9. The number of benzene rings is 1. The summed E-state index contributed by atoms with van der Waals surface area (Å²) in [6.45, 7) is 6.96. The topological polar surface area (TPSA) is 101 Å². The van der Waals surface area contributed by atoms with E-state index < -0.39 is 27.5 Å². The summed E-state index contributed by atoms with van der Waals surface area (Å²) < 4.78 is 27.3. The van der Waals surface area contributed by atoms with Crippen LogP contribution in [0.4, 0.5) is 5.69 Å². The van der Waals surface area contributed by atoms with Crippen molar-refractivity contribution in [1.29, 1.82) is 0 Å². The Morgan fingerprint density at radius 3 is 2.38 bits per heavy atom. The number of amides is 1. The van der Waals surface area contributed by atoms with Gasteiger partial charge in [-0.05, 0) is 61.8 Å². The number of nitrogens with two attached hydrogens (primary N) is 1. The van der Waals surface area contributed by atoms with Crippen LogP contribution in [-0.2, 0) is 14.8 Å². The molecule has 6 nitrogen and oxygen atoms in total. The van der Waals surface area contributed by atoms with Crippen molar-refractivity contribution in [3.8, 4) is 0 Å². The van der Waals surface area contributed by atoms with Crippen LogP contribution in [0.3, 0.4) is 0 Å². The van der Waals surface area contributed by atoms with E-state index in [1.54, 1.807) is 0 Å². The fraction of sp³-hybridized carbons (Fsp3) is 0.462. The molecule has 0 aliphatic carbocycles. The third kappa shape index (κ3) is 5.29. The number of sulfonamides is 1. The van der Waals surface area contributed by atoms with Gasteiger partial charge in [0.1, 0.15) is 0 Å². The molecule has 1 aromatic carbocycles. The minimum atomic E-state index is -3.82. The number of rotatable bonds is 4. The molecule has 0 spiro atoms. The van der Waals surface area contributed by atoms with E-state index in [-0.39, 0.29) is 4.90 Å². The molecule has 1 rings (SSSR count). The van der Waals surface area contributed by atoms with Gasteiger partial charge in [0, 0.05) is 15.7 Å². The van der Waals surface area contributed by atoms with E-state index in [1.165, 1.54) is 25.1 Å². The SMILES string of the molecule is CC(NS(=O)(=O)c1ccc(N)cc1Br)C(=O)NC(C)(C)C. The molecule has 0 saturated heterocycles. The zero-order chi connectivity index (χ0) is 16.4. The monoisotopic (exact) mass is 377 g/mol. The summed E-state index contributed by atoms with van der Waals surface area (Å²) in [6.07, 6.45) is 0. The lowest BCUT2D eigenvalue weighted by molar-refractivity contribution is -0.123. The number of halogens is 1. The highest BCUT2D eigenvalue weighted by molar-refractivity contribution is 9.10. The maximum absolute atomic E-state index is 12.3. The Bertz CT molecular complexity index is 639. The van der Waals surface area contributed by atoms with Gasteiger partial charge in [-0.3, -0.25) is 4.79 Å². The van der Waals surface area contributed by atoms with Crippen LogP contribution in [0, 0.1) is 0 Å². The van der Waals surface area contributed by atoms with Crippen molar-refractivity contribution in [2.45, 2.75) is 44.2 Å². The van der Waals surface area contributed by atoms with Crippen LogP contribution in [0.1, 0.15) is 27.7 Å². The van der Waals surface area contributed by atoms with E-state index in [1.807, 2.05) is 20.8 Å². The highest BCUT2D eigenvalue weighted by Gasteiger charge is 2.25. The highest BCUT2D eigenvalue weighted by atomic mass is 79.9. The normalized spacial score (nSPS) is 13.8. The van der Waals surface area contributed by atoms with Crippen LogP contribution < -0.4 is 15.8 Å². The van der Waals surface area contributed by atoms with Crippen LogP contribution in [0.25, 0.3) is 0 Å². The number of nitrogen functional groups attached to an aromatic ring is 1. The molecule has 0 aromatic heterocycles. The molecule has 0 aliphatic rings. The molecule has 4 N–H and O–H groups in total. The van der Waals surface area contributed by atoms with Gasteiger partial charge in [-0.25, -0.2) is 8.42 Å². The van der Waals surface area contributed by atoms with E-state index in [0.717, 1.165) is 0 Å². The number of anilines is 1. The summed E-state index contributed by atoms with van der Waals surface area (Å²) in [5, 5.41) is 2.72. The summed E-state index contributed by atoms with van der Waals surface area (Å²) in [5.74, 6) is -0.391. The van der Waals surface area contributed by atoms with Crippen LogP contribution in [0.2, 0.25) is 0 Å². The van der Waals surface area contributed by atoms with Gasteiger partial charge in [-0.15, -0.1) is 0 Å². The standard InChI is InChI=1S/C13H20BrN3O3S/c1-8(12(18)16-13(2,3)4)17-21(19,20)11-6-5-9(15)7-10(11)14/h5-8,17H,15H2,1-4H3,(H,16,18). The Morgan fingerprint density at radius 2 is 1.90 bits per heavy atom. The van der Waals surface area contributed by atoms with Gasteiger partial charge in [0.15, 0.2) is 0 Å². The maximum atomic E-state index is 12.3. The first-order chi connectivity index (χ1) is 9.42. The van der Waals surface area contributed by atoms with Gasteiger partial charge in [0.05, 0.1) is 10.9 Å². The molecule has 1 atom stereocenters. The summed E-state index contributed by atoms with van der Waals surface area (Å²) in [7, 11) is -3.82. The average molecular weight is 378 g/mol. The van der Waals surface area contributed by atoms with Crippen molar-refractivity contribution in [3.05, 3.63) is 22.7 Å². The van der Waals surface area contributed by atoms with E-state index in [0.29, 0.717) is 10.2 Å². The van der Waals surface area contributed by atoms with Crippen molar-refractivity contribution in [2.75, 3.05) is 5.73 Å². The number of hydrogen-bond donors (Lipinski definition) is 3. The summed E-state index contributed by atoms with van der Waals surface area (Å²) in [4.78, 5) is 12.0. The predicted octanol–water partition coefficient (Wildman–Crippen LogP) is 1.61. The second-order valence-electron chi connectivity index (χ2n) is 5.77.